The molecule has 4 heteroatoms. The highest BCUT2D eigenvalue weighted by Gasteiger charge is 2.09. The summed E-state index contributed by atoms with van der Waals surface area (Å²) in [5.74, 6) is 0. The Kier molecular flexibility index (Phi) is 5.27. The van der Waals surface area contributed by atoms with E-state index in [1.807, 2.05) is 12.1 Å². The van der Waals surface area contributed by atoms with Gasteiger partial charge in [0.15, 0.2) is 0 Å². The molecule has 0 radical (unpaired) electrons. The maximum Gasteiger partial charge on any atom is 0.0491 e. The summed E-state index contributed by atoms with van der Waals surface area (Å²) in [6, 6.07) is 14.2. The van der Waals surface area contributed by atoms with Crippen molar-refractivity contribution in [1.82, 2.24) is 9.88 Å². The van der Waals surface area contributed by atoms with Gasteiger partial charge in [-0.05, 0) is 42.3 Å². The van der Waals surface area contributed by atoms with E-state index in [-0.39, 0.29) is 0 Å². The van der Waals surface area contributed by atoms with E-state index in [1.165, 1.54) is 16.5 Å². The van der Waals surface area contributed by atoms with Crippen LogP contribution in [0.25, 0.3) is 10.9 Å². The van der Waals surface area contributed by atoms with Gasteiger partial charge >= 0.3 is 0 Å². The lowest BCUT2D eigenvalue weighted by Gasteiger charge is -2.08. The van der Waals surface area contributed by atoms with Crippen LogP contribution >= 0.6 is 23.2 Å². The minimum absolute atomic E-state index is 0.667. The zero-order valence-corrected chi connectivity index (χ0v) is 14.7. The number of hydrogen-bond acceptors (Lipinski definition) is 1. The zero-order chi connectivity index (χ0) is 16.2. The van der Waals surface area contributed by atoms with Crippen LogP contribution in [0, 0.1) is 0 Å². The molecule has 0 fully saturated rings. The molecule has 2 nitrogen and oxygen atoms in total. The third kappa shape index (κ3) is 3.72. The molecule has 0 aliphatic heterocycles. The number of nitrogens with zero attached hydrogens (tertiary/aromatic N) is 1. The molecule has 120 valence electrons. The van der Waals surface area contributed by atoms with Crippen LogP contribution in [0.1, 0.15) is 24.5 Å². The Hall–Kier alpha value is -1.48. The molecular weight excluding hydrogens is 327 g/mol. The van der Waals surface area contributed by atoms with Crippen molar-refractivity contribution in [1.29, 1.82) is 0 Å². The van der Waals surface area contributed by atoms with Crippen LogP contribution in [0.15, 0.2) is 48.7 Å². The SMILES string of the molecule is CCCNCc1cn(Cc2ccc(Cl)cc2Cl)c2ccccc12. The van der Waals surface area contributed by atoms with E-state index >= 15 is 0 Å². The summed E-state index contributed by atoms with van der Waals surface area (Å²) in [5, 5.41) is 6.15. The van der Waals surface area contributed by atoms with Gasteiger partial charge < -0.3 is 9.88 Å². The third-order valence-electron chi connectivity index (χ3n) is 3.97. The third-order valence-corrected chi connectivity index (χ3v) is 4.56. The van der Waals surface area contributed by atoms with Gasteiger partial charge in [-0.1, -0.05) is 54.4 Å². The van der Waals surface area contributed by atoms with E-state index in [1.54, 1.807) is 6.07 Å². The number of fused-ring (bicyclic) bond motifs is 1. The Balaban J connectivity index is 1.94. The van der Waals surface area contributed by atoms with Crippen LogP contribution in [-0.2, 0) is 13.1 Å². The van der Waals surface area contributed by atoms with Gasteiger partial charge in [-0.3, -0.25) is 0 Å². The second-order valence-corrected chi connectivity index (χ2v) is 6.56. The standard InChI is InChI=1S/C19H20Cl2N2/c1-2-9-22-11-15-13-23(19-6-4-3-5-17(15)19)12-14-7-8-16(20)10-18(14)21/h3-8,10,13,22H,2,9,11-12H2,1H3. The highest BCUT2D eigenvalue weighted by atomic mass is 35.5. The average molecular weight is 347 g/mol. The summed E-state index contributed by atoms with van der Waals surface area (Å²) in [7, 11) is 0. The van der Waals surface area contributed by atoms with Crippen LogP contribution in [0.3, 0.4) is 0 Å². The van der Waals surface area contributed by atoms with Crippen LogP contribution in [0.2, 0.25) is 10.0 Å². The minimum atomic E-state index is 0.667. The second kappa shape index (κ2) is 7.39. The van der Waals surface area contributed by atoms with Crippen molar-refractivity contribution in [2.75, 3.05) is 6.54 Å². The first-order chi connectivity index (χ1) is 11.2. The lowest BCUT2D eigenvalue weighted by atomic mass is 10.2. The summed E-state index contributed by atoms with van der Waals surface area (Å²) in [6.07, 6.45) is 3.36. The molecule has 0 atom stereocenters. The van der Waals surface area contributed by atoms with Crippen molar-refractivity contribution in [2.45, 2.75) is 26.4 Å². The number of rotatable bonds is 6. The molecule has 0 saturated heterocycles. The Morgan fingerprint density at radius 2 is 1.87 bits per heavy atom. The first-order valence-electron chi connectivity index (χ1n) is 7.90. The highest BCUT2D eigenvalue weighted by molar-refractivity contribution is 6.35. The first kappa shape index (κ1) is 16.4. The Morgan fingerprint density at radius 1 is 1.04 bits per heavy atom. The second-order valence-electron chi connectivity index (χ2n) is 5.71. The van der Waals surface area contributed by atoms with Crippen molar-refractivity contribution in [3.8, 4) is 0 Å². The molecule has 23 heavy (non-hydrogen) atoms. The number of para-hydroxylation sites is 1. The van der Waals surface area contributed by atoms with Gasteiger partial charge in [0.05, 0.1) is 0 Å². The molecule has 0 unspecified atom stereocenters. The molecule has 3 aromatic rings. The van der Waals surface area contributed by atoms with E-state index in [2.05, 4.69) is 47.3 Å². The van der Waals surface area contributed by atoms with E-state index in [0.717, 1.165) is 31.6 Å². The molecular formula is C19H20Cl2N2. The van der Waals surface area contributed by atoms with Crippen LogP contribution in [-0.4, -0.2) is 11.1 Å². The van der Waals surface area contributed by atoms with Gasteiger partial charge in [0.25, 0.3) is 0 Å². The monoisotopic (exact) mass is 346 g/mol. The number of aromatic nitrogens is 1. The number of hydrogen-bond donors (Lipinski definition) is 1. The quantitative estimate of drug-likeness (QED) is 0.583. The lowest BCUT2D eigenvalue weighted by molar-refractivity contribution is 0.675. The maximum absolute atomic E-state index is 6.33. The smallest absolute Gasteiger partial charge is 0.0491 e. The number of nitrogens with one attached hydrogen (secondary N) is 1. The van der Waals surface area contributed by atoms with Crippen LogP contribution in [0.5, 0.6) is 0 Å². The summed E-state index contributed by atoms with van der Waals surface area (Å²) in [6.45, 7) is 4.83. The first-order valence-corrected chi connectivity index (χ1v) is 8.66. The lowest BCUT2D eigenvalue weighted by Crippen LogP contribution is -2.13. The molecule has 1 N–H and O–H groups in total. The van der Waals surface area contributed by atoms with Gasteiger partial charge in [0.2, 0.25) is 0 Å². The Bertz CT molecular complexity index is 808. The normalized spacial score (nSPS) is 11.3. The van der Waals surface area contributed by atoms with E-state index in [9.17, 15) is 0 Å². The highest BCUT2D eigenvalue weighted by Crippen LogP contribution is 2.26. The molecule has 0 amide bonds. The molecule has 1 aromatic heterocycles. The van der Waals surface area contributed by atoms with E-state index in [0.29, 0.717) is 10.0 Å². The summed E-state index contributed by atoms with van der Waals surface area (Å²) >= 11 is 12.3. The van der Waals surface area contributed by atoms with Gasteiger partial charge in [-0.15, -0.1) is 0 Å². The fraction of sp³-hybridized carbons (Fsp3) is 0.263. The maximum atomic E-state index is 6.33. The van der Waals surface area contributed by atoms with Crippen molar-refractivity contribution < 1.29 is 0 Å². The molecule has 0 saturated carbocycles. The topological polar surface area (TPSA) is 17.0 Å². The van der Waals surface area contributed by atoms with Gasteiger partial charge in [-0.25, -0.2) is 0 Å². The molecule has 0 bridgehead atoms. The van der Waals surface area contributed by atoms with E-state index in [4.69, 9.17) is 23.2 Å². The van der Waals surface area contributed by atoms with Crippen molar-refractivity contribution >= 4 is 34.1 Å². The number of halogens is 2. The Morgan fingerprint density at radius 3 is 2.65 bits per heavy atom. The average Bonchev–Trinajstić information content (AvgIpc) is 2.89. The van der Waals surface area contributed by atoms with Crippen molar-refractivity contribution in [2.24, 2.45) is 0 Å². The van der Waals surface area contributed by atoms with Crippen molar-refractivity contribution in [3.63, 3.8) is 0 Å². The zero-order valence-electron chi connectivity index (χ0n) is 13.2. The summed E-state index contributed by atoms with van der Waals surface area (Å²) < 4.78 is 2.26. The molecule has 1 heterocycles. The summed E-state index contributed by atoms with van der Waals surface area (Å²) in [5.41, 5.74) is 3.62. The fourth-order valence-corrected chi connectivity index (χ4v) is 3.30. The molecule has 0 aliphatic carbocycles. The Labute approximate surface area is 147 Å². The predicted molar refractivity (Wildman–Crippen MR) is 99.5 cm³/mol. The van der Waals surface area contributed by atoms with E-state index < -0.39 is 0 Å². The van der Waals surface area contributed by atoms with Crippen molar-refractivity contribution in [3.05, 3.63) is 69.8 Å². The summed E-state index contributed by atoms with van der Waals surface area (Å²) in [4.78, 5) is 0. The molecule has 3 rings (SSSR count). The van der Waals surface area contributed by atoms with Gasteiger partial charge in [-0.2, -0.15) is 0 Å². The largest absolute Gasteiger partial charge is 0.343 e. The molecule has 0 spiro atoms. The minimum Gasteiger partial charge on any atom is -0.343 e. The number of benzene rings is 2. The van der Waals surface area contributed by atoms with Gasteiger partial charge in [0, 0.05) is 40.2 Å². The van der Waals surface area contributed by atoms with Crippen LogP contribution < -0.4 is 5.32 Å². The van der Waals surface area contributed by atoms with Crippen LogP contribution in [0.4, 0.5) is 0 Å². The molecule has 2 aromatic carbocycles. The molecule has 0 aliphatic rings. The van der Waals surface area contributed by atoms with Gasteiger partial charge in [0.1, 0.15) is 0 Å². The predicted octanol–water partition coefficient (Wildman–Crippen LogP) is 5.50. The fourth-order valence-electron chi connectivity index (χ4n) is 2.83.